The number of piperidine rings is 1. The van der Waals surface area contributed by atoms with E-state index in [1.54, 1.807) is 12.1 Å². The first-order valence-electron chi connectivity index (χ1n) is 13.2. The number of hydrogen-bond donors (Lipinski definition) is 1. The second-order valence-corrected chi connectivity index (χ2v) is 10.1. The number of hydrogen-bond acceptors (Lipinski definition) is 4. The van der Waals surface area contributed by atoms with Crippen LogP contribution >= 0.6 is 11.6 Å². The molecular weight excluding hydrogens is 475 g/mol. The van der Waals surface area contributed by atoms with Crippen LogP contribution < -0.4 is 5.32 Å². The van der Waals surface area contributed by atoms with E-state index in [-0.39, 0.29) is 5.02 Å². The van der Waals surface area contributed by atoms with Gasteiger partial charge in [-0.15, -0.1) is 0 Å². The number of amides is 1. The average Bonchev–Trinajstić information content (AvgIpc) is 2.89. The highest BCUT2D eigenvalue weighted by Gasteiger charge is 2.30. The van der Waals surface area contributed by atoms with Gasteiger partial charge in [0.1, 0.15) is 18.0 Å². The molecule has 1 amide bonds. The summed E-state index contributed by atoms with van der Waals surface area (Å²) in [7, 11) is 0. The molecule has 0 spiro atoms. The molecule has 2 heterocycles. The van der Waals surface area contributed by atoms with Crippen molar-refractivity contribution in [2.24, 2.45) is 5.92 Å². The molecule has 1 aliphatic carbocycles. The number of nitrogens with one attached hydrogen (secondary N) is 1. The fraction of sp³-hybridized carbons (Fsp3) is 0.483. The minimum atomic E-state index is -0.447. The number of aromatic nitrogens is 2. The van der Waals surface area contributed by atoms with Gasteiger partial charge in [0, 0.05) is 30.1 Å². The van der Waals surface area contributed by atoms with E-state index in [1.807, 2.05) is 13.8 Å². The molecule has 3 aromatic rings. The number of rotatable bonds is 5. The first-order valence-corrected chi connectivity index (χ1v) is 13.6. The zero-order valence-corrected chi connectivity index (χ0v) is 22.2. The van der Waals surface area contributed by atoms with Crippen molar-refractivity contribution in [3.05, 3.63) is 58.6 Å². The number of anilines is 2. The van der Waals surface area contributed by atoms with Gasteiger partial charge < -0.3 is 10.2 Å². The van der Waals surface area contributed by atoms with Gasteiger partial charge in [-0.2, -0.15) is 0 Å². The Hall–Kier alpha value is -2.73. The molecule has 1 saturated heterocycles. The normalized spacial score (nSPS) is 20.1. The van der Waals surface area contributed by atoms with Crippen LogP contribution in [-0.2, 0) is 11.2 Å². The maximum atomic E-state index is 13.6. The lowest BCUT2D eigenvalue weighted by Crippen LogP contribution is -2.45. The molecule has 0 bridgehead atoms. The molecule has 2 fully saturated rings. The molecule has 5 rings (SSSR count). The molecule has 1 aromatic heterocycles. The number of carbonyl (C=O) groups excluding carboxylic acids is 1. The number of nitrogens with zero attached hydrogens (tertiary/aromatic N) is 3. The van der Waals surface area contributed by atoms with Crippen molar-refractivity contribution >= 4 is 39.9 Å². The highest BCUT2D eigenvalue weighted by atomic mass is 35.5. The van der Waals surface area contributed by atoms with Crippen LogP contribution in [0, 0.1) is 18.7 Å². The molecule has 0 atom stereocenters. The number of aryl methyl sites for hydroxylation is 1. The Kier molecular flexibility index (Phi) is 8.78. The largest absolute Gasteiger partial charge is 0.340 e. The molecule has 5 nitrogen and oxygen atoms in total. The van der Waals surface area contributed by atoms with E-state index in [9.17, 15) is 9.18 Å². The van der Waals surface area contributed by atoms with Crippen LogP contribution in [0.5, 0.6) is 0 Å². The minimum absolute atomic E-state index is 0.0711. The van der Waals surface area contributed by atoms with Crippen molar-refractivity contribution in [2.75, 3.05) is 11.9 Å². The predicted molar refractivity (Wildman–Crippen MR) is 145 cm³/mol. The van der Waals surface area contributed by atoms with E-state index < -0.39 is 5.82 Å². The monoisotopic (exact) mass is 510 g/mol. The highest BCUT2D eigenvalue weighted by Crippen LogP contribution is 2.34. The van der Waals surface area contributed by atoms with Gasteiger partial charge in [0.25, 0.3) is 0 Å². The summed E-state index contributed by atoms with van der Waals surface area (Å²) in [5, 5.41) is 4.28. The quantitative estimate of drug-likeness (QED) is 0.383. The van der Waals surface area contributed by atoms with E-state index in [2.05, 4.69) is 39.2 Å². The van der Waals surface area contributed by atoms with Crippen LogP contribution in [0.1, 0.15) is 69.9 Å². The van der Waals surface area contributed by atoms with Gasteiger partial charge in [-0.05, 0) is 99.2 Å². The first-order chi connectivity index (χ1) is 17.5. The number of carbonyl (C=O) groups is 1. The van der Waals surface area contributed by atoms with Crippen LogP contribution in [0.25, 0.3) is 10.9 Å². The molecule has 0 unspecified atom stereocenters. The van der Waals surface area contributed by atoms with Crippen molar-refractivity contribution in [2.45, 2.75) is 78.2 Å². The smallest absolute Gasteiger partial charge is 0.222 e. The fourth-order valence-corrected chi connectivity index (χ4v) is 5.65. The van der Waals surface area contributed by atoms with Crippen molar-refractivity contribution < 1.29 is 9.18 Å². The summed E-state index contributed by atoms with van der Waals surface area (Å²) >= 11 is 5.95. The summed E-state index contributed by atoms with van der Waals surface area (Å²) in [4.78, 5) is 23.4. The van der Waals surface area contributed by atoms with Crippen molar-refractivity contribution in [3.8, 4) is 0 Å². The van der Waals surface area contributed by atoms with E-state index >= 15 is 0 Å². The molecule has 1 aliphatic heterocycles. The van der Waals surface area contributed by atoms with E-state index in [4.69, 9.17) is 11.6 Å². The van der Waals surface area contributed by atoms with Gasteiger partial charge in [0.15, 0.2) is 0 Å². The average molecular weight is 511 g/mol. The number of halogens is 2. The summed E-state index contributed by atoms with van der Waals surface area (Å²) in [6.07, 6.45) is 9.96. The summed E-state index contributed by atoms with van der Waals surface area (Å²) < 4.78 is 13.6. The van der Waals surface area contributed by atoms with Gasteiger partial charge in [0.2, 0.25) is 5.91 Å². The molecule has 1 N–H and O–H groups in total. The maximum Gasteiger partial charge on any atom is 0.222 e. The molecule has 36 heavy (non-hydrogen) atoms. The lowest BCUT2D eigenvalue weighted by molar-refractivity contribution is -0.136. The van der Waals surface area contributed by atoms with Gasteiger partial charge in [0.05, 0.1) is 10.5 Å². The Balaban J connectivity index is 0.00000148. The van der Waals surface area contributed by atoms with Crippen molar-refractivity contribution in [3.63, 3.8) is 0 Å². The molecule has 0 radical (unpaired) electrons. The van der Waals surface area contributed by atoms with Crippen LogP contribution in [-0.4, -0.2) is 33.4 Å². The van der Waals surface area contributed by atoms with Crippen LogP contribution in [0.2, 0.25) is 5.02 Å². The summed E-state index contributed by atoms with van der Waals surface area (Å²) in [5.74, 6) is 1.20. The number of benzene rings is 2. The number of likely N-dealkylation sites (tertiary alicyclic amines) is 1. The lowest BCUT2D eigenvalue weighted by atomic mass is 9.80. The Morgan fingerprint density at radius 2 is 1.86 bits per heavy atom. The molecule has 7 heteroatoms. The molecular formula is C29H36ClFN4O. The number of fused-ring (bicyclic) bond motifs is 1. The van der Waals surface area contributed by atoms with Gasteiger partial charge in [-0.25, -0.2) is 14.4 Å². The highest BCUT2D eigenvalue weighted by molar-refractivity contribution is 6.31. The van der Waals surface area contributed by atoms with Gasteiger partial charge in [-0.1, -0.05) is 25.4 Å². The second kappa shape index (κ2) is 12.0. The summed E-state index contributed by atoms with van der Waals surface area (Å²) in [6.45, 7) is 7.08. The van der Waals surface area contributed by atoms with Gasteiger partial charge >= 0.3 is 0 Å². The standard InChI is InChI=1S/C27H30ClFN4O.C2H6/c1-17-12-25-22(27(31-16-30-25)32-20-7-10-24(29)23(28)15-20)14-19(17)13-18-5-8-21(9-6-18)33-11-3-2-4-26(33)34;1-2/h7,10,12,14-16,18,21H,2-6,8-9,11,13H2,1H3,(H,30,31,32);1-2H3. The van der Waals surface area contributed by atoms with E-state index in [0.29, 0.717) is 29.4 Å². The summed E-state index contributed by atoms with van der Waals surface area (Å²) in [5.41, 5.74) is 4.09. The topological polar surface area (TPSA) is 58.1 Å². The Labute approximate surface area is 218 Å². The van der Waals surface area contributed by atoms with E-state index in [1.165, 1.54) is 23.5 Å². The molecule has 2 aliphatic rings. The first kappa shape index (κ1) is 26.3. The maximum absolute atomic E-state index is 13.6. The van der Waals surface area contributed by atoms with Crippen molar-refractivity contribution in [1.82, 2.24) is 14.9 Å². The predicted octanol–water partition coefficient (Wildman–Crippen LogP) is 7.61. The third-order valence-electron chi connectivity index (χ3n) is 7.40. The third-order valence-corrected chi connectivity index (χ3v) is 7.69. The SMILES string of the molecule is CC.Cc1cc2ncnc(Nc3ccc(F)c(Cl)c3)c2cc1CC1CCC(N2CCCCC2=O)CC1. The summed E-state index contributed by atoms with van der Waals surface area (Å²) in [6, 6.07) is 9.29. The molecule has 2 aromatic carbocycles. The van der Waals surface area contributed by atoms with Crippen molar-refractivity contribution in [1.29, 1.82) is 0 Å². The third kappa shape index (κ3) is 5.97. The zero-order chi connectivity index (χ0) is 25.7. The minimum Gasteiger partial charge on any atom is -0.340 e. The van der Waals surface area contributed by atoms with E-state index in [0.717, 1.165) is 68.8 Å². The Morgan fingerprint density at radius 1 is 1.08 bits per heavy atom. The second-order valence-electron chi connectivity index (χ2n) is 9.69. The van der Waals surface area contributed by atoms with Gasteiger partial charge in [-0.3, -0.25) is 4.79 Å². The van der Waals surface area contributed by atoms with Crippen LogP contribution in [0.4, 0.5) is 15.9 Å². The van der Waals surface area contributed by atoms with Crippen LogP contribution in [0.3, 0.4) is 0 Å². The molecule has 1 saturated carbocycles. The zero-order valence-electron chi connectivity index (χ0n) is 21.5. The Morgan fingerprint density at radius 3 is 2.58 bits per heavy atom. The molecule has 192 valence electrons. The Bertz CT molecular complexity index is 1210. The van der Waals surface area contributed by atoms with Crippen LogP contribution in [0.15, 0.2) is 36.7 Å². The lowest BCUT2D eigenvalue weighted by Gasteiger charge is -2.39. The fourth-order valence-electron chi connectivity index (χ4n) is 5.47.